The summed E-state index contributed by atoms with van der Waals surface area (Å²) in [5.41, 5.74) is 2.03. The number of carbonyl (C=O) groups excluding carboxylic acids is 1. The van der Waals surface area contributed by atoms with E-state index in [0.717, 1.165) is 11.1 Å². The molecule has 0 saturated carbocycles. The first-order valence-electron chi connectivity index (χ1n) is 11.5. The van der Waals surface area contributed by atoms with Crippen LogP contribution in [-0.4, -0.2) is 51.4 Å². The monoisotopic (exact) mass is 552 g/mol. The summed E-state index contributed by atoms with van der Waals surface area (Å²) in [6.07, 6.45) is -1.12. The van der Waals surface area contributed by atoms with Crippen LogP contribution in [0.1, 0.15) is 5.56 Å². The number of anilines is 2. The number of aryl methyl sites for hydroxylation is 1. The molecule has 0 spiro atoms. The lowest BCUT2D eigenvalue weighted by atomic mass is 10.1. The van der Waals surface area contributed by atoms with Crippen molar-refractivity contribution in [2.45, 2.75) is 17.9 Å². The average Bonchev–Trinajstić information content (AvgIpc) is 3.40. The van der Waals surface area contributed by atoms with E-state index in [4.69, 9.17) is 14.2 Å². The molecule has 10 nitrogen and oxygen atoms in total. The molecule has 2 heterocycles. The van der Waals surface area contributed by atoms with Gasteiger partial charge in [0.05, 0.1) is 31.3 Å². The Labute approximate surface area is 223 Å². The van der Waals surface area contributed by atoms with Crippen LogP contribution in [0.2, 0.25) is 0 Å². The van der Waals surface area contributed by atoms with Crippen LogP contribution in [0.3, 0.4) is 0 Å². The summed E-state index contributed by atoms with van der Waals surface area (Å²) in [7, 11) is -0.916. The zero-order valence-corrected chi connectivity index (χ0v) is 22.4. The highest BCUT2D eigenvalue weighted by molar-refractivity contribution is 7.92. The maximum absolute atomic E-state index is 13.6. The number of sulfonamides is 1. The molecule has 0 saturated heterocycles. The molecule has 0 radical (unpaired) electrons. The predicted octanol–water partition coefficient (Wildman–Crippen LogP) is 4.13. The van der Waals surface area contributed by atoms with E-state index in [1.807, 2.05) is 31.2 Å². The predicted molar refractivity (Wildman–Crippen MR) is 144 cm³/mol. The van der Waals surface area contributed by atoms with Crippen molar-refractivity contribution in [2.24, 2.45) is 0 Å². The third kappa shape index (κ3) is 5.00. The Morgan fingerprint density at radius 3 is 2.32 bits per heavy atom. The smallest absolute Gasteiger partial charge is 0.269 e. The van der Waals surface area contributed by atoms with Gasteiger partial charge in [-0.15, -0.1) is 10.2 Å². The third-order valence-electron chi connectivity index (χ3n) is 5.92. The van der Waals surface area contributed by atoms with E-state index in [9.17, 15) is 13.2 Å². The first-order chi connectivity index (χ1) is 18.3. The minimum atomic E-state index is -4.01. The lowest BCUT2D eigenvalue weighted by Crippen LogP contribution is -2.48. The molecule has 12 heteroatoms. The Bertz CT molecular complexity index is 1570. The summed E-state index contributed by atoms with van der Waals surface area (Å²) in [6.45, 7) is 1.64. The Hall–Kier alpha value is -4.16. The molecule has 0 fully saturated rings. The quantitative estimate of drug-likeness (QED) is 0.364. The van der Waals surface area contributed by atoms with Crippen molar-refractivity contribution in [2.75, 3.05) is 30.4 Å². The number of fused-ring (bicyclic) bond motifs is 1. The number of methoxy groups -OCH3 is 2. The fourth-order valence-electron chi connectivity index (χ4n) is 3.91. The lowest BCUT2D eigenvalue weighted by molar-refractivity contribution is -0.122. The Kier molecular flexibility index (Phi) is 6.91. The van der Waals surface area contributed by atoms with E-state index in [1.54, 1.807) is 37.4 Å². The Balaban J connectivity index is 1.40. The van der Waals surface area contributed by atoms with Gasteiger partial charge in [-0.1, -0.05) is 17.4 Å². The van der Waals surface area contributed by atoms with E-state index < -0.39 is 22.0 Å². The minimum absolute atomic E-state index is 0.0686. The number of nitrogens with zero attached hydrogens (tertiary/aromatic N) is 3. The molecular weight excluding hydrogens is 528 g/mol. The van der Waals surface area contributed by atoms with Gasteiger partial charge in [0.15, 0.2) is 6.10 Å². The van der Waals surface area contributed by atoms with Crippen LogP contribution in [0.4, 0.5) is 10.8 Å². The van der Waals surface area contributed by atoms with Crippen molar-refractivity contribution < 1.29 is 27.4 Å². The molecule has 1 aliphatic heterocycles. The van der Waals surface area contributed by atoms with Crippen molar-refractivity contribution >= 4 is 38.1 Å². The first-order valence-corrected chi connectivity index (χ1v) is 13.8. The number of hydrogen-bond acceptors (Lipinski definition) is 9. The molecule has 1 N–H and O–H groups in total. The molecule has 1 aromatic heterocycles. The van der Waals surface area contributed by atoms with Crippen LogP contribution in [0.15, 0.2) is 71.6 Å². The van der Waals surface area contributed by atoms with Gasteiger partial charge in [-0.2, -0.15) is 0 Å². The van der Waals surface area contributed by atoms with E-state index in [-0.39, 0.29) is 16.6 Å². The summed E-state index contributed by atoms with van der Waals surface area (Å²) in [5, 5.41) is 11.8. The normalized spacial score (nSPS) is 14.8. The van der Waals surface area contributed by atoms with Crippen molar-refractivity contribution in [3.63, 3.8) is 0 Å². The van der Waals surface area contributed by atoms with Gasteiger partial charge in [0.1, 0.15) is 22.3 Å². The zero-order valence-electron chi connectivity index (χ0n) is 20.7. The second-order valence-electron chi connectivity index (χ2n) is 8.42. The minimum Gasteiger partial charge on any atom is -0.497 e. The van der Waals surface area contributed by atoms with Crippen LogP contribution >= 0.6 is 11.3 Å². The van der Waals surface area contributed by atoms with Crippen molar-refractivity contribution in [3.8, 4) is 27.8 Å². The number of benzene rings is 3. The van der Waals surface area contributed by atoms with Crippen molar-refractivity contribution in [3.05, 3.63) is 72.3 Å². The highest BCUT2D eigenvalue weighted by atomic mass is 32.2. The molecule has 38 heavy (non-hydrogen) atoms. The van der Waals surface area contributed by atoms with Gasteiger partial charge >= 0.3 is 0 Å². The van der Waals surface area contributed by atoms with E-state index in [2.05, 4.69) is 15.5 Å². The Morgan fingerprint density at radius 1 is 1.00 bits per heavy atom. The third-order valence-corrected chi connectivity index (χ3v) is 8.60. The first kappa shape index (κ1) is 25.5. The SMILES string of the molecule is COc1ccc(-c2nnc(NC(=O)[C@@H]3CN(S(=O)(=O)c4ccc(OC)cc4)c4ccc(C)cc4O3)s2)cc1. The van der Waals surface area contributed by atoms with Gasteiger partial charge in [0, 0.05) is 5.56 Å². The fourth-order valence-corrected chi connectivity index (χ4v) is 6.14. The van der Waals surface area contributed by atoms with Gasteiger partial charge in [-0.25, -0.2) is 8.42 Å². The molecule has 1 aliphatic rings. The van der Waals surface area contributed by atoms with E-state index in [0.29, 0.717) is 27.9 Å². The average molecular weight is 553 g/mol. The van der Waals surface area contributed by atoms with Gasteiger partial charge in [0.2, 0.25) is 5.13 Å². The fraction of sp³-hybridized carbons (Fsp3) is 0.192. The number of ether oxygens (including phenoxy) is 3. The summed E-state index contributed by atoms with van der Waals surface area (Å²) in [5.74, 6) is 1.00. The highest BCUT2D eigenvalue weighted by Gasteiger charge is 2.38. The molecule has 0 bridgehead atoms. The number of hydrogen-bond donors (Lipinski definition) is 1. The molecule has 196 valence electrons. The van der Waals surface area contributed by atoms with Crippen LogP contribution in [0, 0.1) is 6.92 Å². The van der Waals surface area contributed by atoms with Gasteiger partial charge in [-0.3, -0.25) is 14.4 Å². The second kappa shape index (κ2) is 10.3. The molecular formula is C26H24N4O6S2. The van der Waals surface area contributed by atoms with E-state index in [1.165, 1.54) is 34.9 Å². The largest absolute Gasteiger partial charge is 0.497 e. The number of aromatic nitrogens is 2. The molecule has 1 atom stereocenters. The molecule has 3 aromatic carbocycles. The molecule has 0 aliphatic carbocycles. The molecule has 1 amide bonds. The van der Waals surface area contributed by atoms with Crippen LogP contribution in [-0.2, 0) is 14.8 Å². The maximum Gasteiger partial charge on any atom is 0.269 e. The molecule has 4 aromatic rings. The lowest BCUT2D eigenvalue weighted by Gasteiger charge is -2.34. The van der Waals surface area contributed by atoms with Crippen LogP contribution in [0.25, 0.3) is 10.6 Å². The maximum atomic E-state index is 13.6. The van der Waals surface area contributed by atoms with Crippen molar-refractivity contribution in [1.29, 1.82) is 0 Å². The van der Waals surface area contributed by atoms with Gasteiger partial charge in [0.25, 0.3) is 15.9 Å². The standard InChI is InChI=1S/C26H24N4O6S2/c1-16-4-13-21-22(14-16)36-23(15-30(21)38(32,33)20-11-9-19(35-3)10-12-20)24(31)27-26-29-28-25(37-26)17-5-7-18(34-2)8-6-17/h4-14,23H,15H2,1-3H3,(H,27,29,31)/t23-/m0/s1. The topological polar surface area (TPSA) is 120 Å². The van der Waals surface area contributed by atoms with Gasteiger partial charge in [-0.05, 0) is 73.2 Å². The summed E-state index contributed by atoms with van der Waals surface area (Å²) in [6, 6.07) is 18.6. The number of rotatable bonds is 7. The zero-order chi connectivity index (χ0) is 26.9. The van der Waals surface area contributed by atoms with Crippen LogP contribution < -0.4 is 23.8 Å². The molecule has 0 unspecified atom stereocenters. The summed E-state index contributed by atoms with van der Waals surface area (Å²) < 4.78 is 44.8. The number of amides is 1. The van der Waals surface area contributed by atoms with Crippen molar-refractivity contribution in [1.82, 2.24) is 10.2 Å². The van der Waals surface area contributed by atoms with Crippen LogP contribution in [0.5, 0.6) is 17.2 Å². The summed E-state index contributed by atoms with van der Waals surface area (Å²) >= 11 is 1.19. The summed E-state index contributed by atoms with van der Waals surface area (Å²) in [4.78, 5) is 13.3. The van der Waals surface area contributed by atoms with Gasteiger partial charge < -0.3 is 14.2 Å². The number of nitrogens with one attached hydrogen (secondary N) is 1. The van der Waals surface area contributed by atoms with E-state index >= 15 is 0 Å². The second-order valence-corrected chi connectivity index (χ2v) is 11.3. The highest BCUT2D eigenvalue weighted by Crippen LogP contribution is 2.38. The molecule has 5 rings (SSSR count). The number of carbonyl (C=O) groups is 1. The Morgan fingerprint density at radius 2 is 1.66 bits per heavy atom.